The summed E-state index contributed by atoms with van der Waals surface area (Å²) in [6, 6.07) is 0. The highest BCUT2D eigenvalue weighted by Gasteiger charge is 1.96. The fourth-order valence-corrected chi connectivity index (χ4v) is 0.600. The molecule has 3 nitrogen and oxygen atoms in total. The zero-order valence-corrected chi connectivity index (χ0v) is 6.11. The number of Topliss-reactive ketones (excluding diaryl/α,β-unsaturated/α-hetero) is 1. The topological polar surface area (TPSA) is 64.8 Å². The molecule has 0 aromatic rings. The minimum absolute atomic E-state index is 0.152. The summed E-state index contributed by atoms with van der Waals surface area (Å²) in [5, 5.41) is 13.6. The van der Waals surface area contributed by atoms with Gasteiger partial charge in [0.25, 0.3) is 0 Å². The summed E-state index contributed by atoms with van der Waals surface area (Å²) < 4.78 is 0. The highest BCUT2D eigenvalue weighted by atomic mass is 16.1. The fourth-order valence-electron chi connectivity index (χ4n) is 0.600. The van der Waals surface area contributed by atoms with Crippen molar-refractivity contribution in [1.82, 2.24) is 0 Å². The van der Waals surface area contributed by atoms with Crippen LogP contribution in [-0.4, -0.2) is 17.7 Å². The summed E-state index contributed by atoms with van der Waals surface area (Å²) in [5.41, 5.74) is 0.595. The quantitative estimate of drug-likeness (QED) is 0.557. The summed E-state index contributed by atoms with van der Waals surface area (Å²) in [5.74, 6) is -0.152. The Kier molecular flexibility index (Phi) is 4.37. The van der Waals surface area contributed by atoms with Gasteiger partial charge in [-0.3, -0.25) is 4.79 Å². The average molecular weight is 140 g/mol. The second-order valence-electron chi connectivity index (χ2n) is 2.24. The summed E-state index contributed by atoms with van der Waals surface area (Å²) in [6.07, 6.45) is 2.60. The maximum absolute atomic E-state index is 10.5. The number of rotatable bonds is 5. The molecular weight excluding hydrogens is 128 g/mol. The molecule has 3 heteroatoms. The van der Waals surface area contributed by atoms with Crippen LogP contribution in [0.3, 0.4) is 0 Å². The fraction of sp³-hybridized carbons (Fsp3) is 0.571. The molecule has 0 fully saturated rings. The maximum atomic E-state index is 10.5. The van der Waals surface area contributed by atoms with Crippen molar-refractivity contribution in [2.24, 2.45) is 0 Å². The lowest BCUT2D eigenvalue weighted by Gasteiger charge is -1.93. The third kappa shape index (κ3) is 5.15. The molecule has 56 valence electrons. The molecule has 0 aromatic carbocycles. The Bertz CT molecular complexity index is 152. The molecule has 0 saturated carbocycles. The number of ketones is 1. The molecule has 0 amide bonds. The van der Waals surface area contributed by atoms with E-state index in [1.807, 2.05) is 0 Å². The molecule has 0 spiro atoms. The van der Waals surface area contributed by atoms with Gasteiger partial charge in [0.05, 0.1) is 6.21 Å². The zero-order valence-electron chi connectivity index (χ0n) is 6.11. The molecule has 0 saturated heterocycles. The molecule has 0 aromatic heterocycles. The van der Waals surface area contributed by atoms with Crippen molar-refractivity contribution in [2.45, 2.75) is 26.2 Å². The van der Waals surface area contributed by atoms with Crippen molar-refractivity contribution in [2.75, 3.05) is 0 Å². The number of hydrogen-bond acceptors (Lipinski definition) is 3. The Morgan fingerprint density at radius 1 is 1.50 bits per heavy atom. The number of nitrogens with one attached hydrogen (secondary N) is 2. The lowest BCUT2D eigenvalue weighted by Crippen LogP contribution is -1.99. The standard InChI is InChI=1S/C7H12N2O/c1-6(9)3-2-4-7(10)5-8/h5,8-9H,2-4H2,1H3. The van der Waals surface area contributed by atoms with E-state index < -0.39 is 0 Å². The largest absolute Gasteiger partial charge is 0.310 e. The van der Waals surface area contributed by atoms with Gasteiger partial charge in [-0.05, 0) is 19.8 Å². The van der Waals surface area contributed by atoms with Crippen molar-refractivity contribution in [3.05, 3.63) is 0 Å². The van der Waals surface area contributed by atoms with Crippen molar-refractivity contribution < 1.29 is 4.79 Å². The van der Waals surface area contributed by atoms with Crippen molar-refractivity contribution in [3.8, 4) is 0 Å². The smallest absolute Gasteiger partial charge is 0.173 e. The van der Waals surface area contributed by atoms with Crippen LogP contribution in [0.15, 0.2) is 0 Å². The summed E-state index contributed by atoms with van der Waals surface area (Å²) in [6.45, 7) is 1.72. The van der Waals surface area contributed by atoms with Gasteiger partial charge in [0.15, 0.2) is 5.78 Å². The monoisotopic (exact) mass is 140 g/mol. The van der Waals surface area contributed by atoms with Gasteiger partial charge in [-0.1, -0.05) is 0 Å². The van der Waals surface area contributed by atoms with E-state index in [0.717, 1.165) is 6.21 Å². The van der Waals surface area contributed by atoms with Crippen LogP contribution in [0.5, 0.6) is 0 Å². The number of hydrogen-bond donors (Lipinski definition) is 2. The Labute approximate surface area is 60.5 Å². The van der Waals surface area contributed by atoms with Gasteiger partial charge >= 0.3 is 0 Å². The molecule has 0 heterocycles. The van der Waals surface area contributed by atoms with Crippen LogP contribution in [0.4, 0.5) is 0 Å². The van der Waals surface area contributed by atoms with Gasteiger partial charge in [-0.25, -0.2) is 0 Å². The van der Waals surface area contributed by atoms with Crippen molar-refractivity contribution in [3.63, 3.8) is 0 Å². The summed E-state index contributed by atoms with van der Waals surface area (Å²) >= 11 is 0. The third-order valence-corrected chi connectivity index (χ3v) is 1.14. The molecule has 0 aliphatic heterocycles. The van der Waals surface area contributed by atoms with E-state index in [9.17, 15) is 4.79 Å². The van der Waals surface area contributed by atoms with Crippen LogP contribution in [-0.2, 0) is 4.79 Å². The molecular formula is C7H12N2O. The number of carbonyl (C=O) groups excluding carboxylic acids is 1. The van der Waals surface area contributed by atoms with Gasteiger partial charge in [-0.15, -0.1) is 0 Å². The molecule has 10 heavy (non-hydrogen) atoms. The molecule has 0 radical (unpaired) electrons. The predicted octanol–water partition coefficient (Wildman–Crippen LogP) is 1.42. The first-order chi connectivity index (χ1) is 4.66. The van der Waals surface area contributed by atoms with E-state index in [-0.39, 0.29) is 5.78 Å². The lowest BCUT2D eigenvalue weighted by molar-refractivity contribution is -0.112. The Hall–Kier alpha value is -0.990. The first-order valence-corrected chi connectivity index (χ1v) is 3.24. The SMILES string of the molecule is CC(=N)CCCC(=O)C=N. The summed E-state index contributed by atoms with van der Waals surface area (Å²) in [7, 11) is 0. The Morgan fingerprint density at radius 2 is 2.10 bits per heavy atom. The van der Waals surface area contributed by atoms with Gasteiger partial charge in [0.1, 0.15) is 0 Å². The molecule has 0 rings (SSSR count). The van der Waals surface area contributed by atoms with Crippen molar-refractivity contribution >= 4 is 17.7 Å². The van der Waals surface area contributed by atoms with Gasteiger partial charge < -0.3 is 10.8 Å². The van der Waals surface area contributed by atoms with Crippen molar-refractivity contribution in [1.29, 1.82) is 10.8 Å². The lowest BCUT2D eigenvalue weighted by atomic mass is 10.1. The second-order valence-corrected chi connectivity index (χ2v) is 2.24. The molecule has 0 aliphatic carbocycles. The van der Waals surface area contributed by atoms with Crippen LogP contribution >= 0.6 is 0 Å². The van der Waals surface area contributed by atoms with Crippen LogP contribution in [0.2, 0.25) is 0 Å². The number of carbonyl (C=O) groups is 1. The minimum Gasteiger partial charge on any atom is -0.310 e. The van der Waals surface area contributed by atoms with E-state index in [0.29, 0.717) is 25.0 Å². The highest BCUT2D eigenvalue weighted by Crippen LogP contribution is 1.95. The van der Waals surface area contributed by atoms with Crippen LogP contribution in [0.25, 0.3) is 0 Å². The maximum Gasteiger partial charge on any atom is 0.173 e. The molecule has 0 atom stereocenters. The molecule has 0 bridgehead atoms. The Morgan fingerprint density at radius 3 is 2.50 bits per heavy atom. The minimum atomic E-state index is -0.152. The van der Waals surface area contributed by atoms with Gasteiger partial charge in [0.2, 0.25) is 0 Å². The van der Waals surface area contributed by atoms with E-state index >= 15 is 0 Å². The van der Waals surface area contributed by atoms with E-state index in [1.54, 1.807) is 6.92 Å². The van der Waals surface area contributed by atoms with E-state index in [4.69, 9.17) is 10.8 Å². The normalized spacial score (nSPS) is 8.90. The van der Waals surface area contributed by atoms with E-state index in [2.05, 4.69) is 0 Å². The van der Waals surface area contributed by atoms with Gasteiger partial charge in [0, 0.05) is 12.1 Å². The predicted molar refractivity (Wildman–Crippen MR) is 41.0 cm³/mol. The van der Waals surface area contributed by atoms with Crippen LogP contribution in [0, 0.1) is 10.8 Å². The second kappa shape index (κ2) is 4.85. The molecule has 2 N–H and O–H groups in total. The third-order valence-electron chi connectivity index (χ3n) is 1.14. The summed E-state index contributed by atoms with van der Waals surface area (Å²) in [4.78, 5) is 10.5. The first-order valence-electron chi connectivity index (χ1n) is 3.24. The van der Waals surface area contributed by atoms with Gasteiger partial charge in [-0.2, -0.15) is 0 Å². The van der Waals surface area contributed by atoms with Crippen LogP contribution < -0.4 is 0 Å². The van der Waals surface area contributed by atoms with E-state index in [1.165, 1.54) is 0 Å². The highest BCUT2D eigenvalue weighted by molar-refractivity contribution is 6.26. The molecule has 0 unspecified atom stereocenters. The zero-order chi connectivity index (χ0) is 7.98. The average Bonchev–Trinajstić information content (AvgIpc) is 1.87. The Balaban J connectivity index is 3.28. The molecule has 0 aliphatic rings. The first kappa shape index (κ1) is 9.01. The van der Waals surface area contributed by atoms with Crippen LogP contribution in [0.1, 0.15) is 26.2 Å².